The van der Waals surface area contributed by atoms with E-state index in [0.717, 1.165) is 62.8 Å². The SMILES string of the molecule is CCNC(=NCC1CCN(Cc2ccccc2F)CC1)N(C)Cc1cn(C)nc1C(C)C.I. The summed E-state index contributed by atoms with van der Waals surface area (Å²) in [4.78, 5) is 9.51. The molecule has 0 radical (unpaired) electrons. The fourth-order valence-corrected chi connectivity index (χ4v) is 4.37. The molecule has 1 aromatic carbocycles. The molecule has 2 heterocycles. The second kappa shape index (κ2) is 13.3. The Morgan fingerprint density at radius 2 is 1.94 bits per heavy atom. The molecular weight excluding hydrogens is 530 g/mol. The summed E-state index contributed by atoms with van der Waals surface area (Å²) in [5.74, 6) is 1.80. The van der Waals surface area contributed by atoms with Gasteiger partial charge in [-0.15, -0.1) is 24.0 Å². The number of aromatic nitrogens is 2. The lowest BCUT2D eigenvalue weighted by Gasteiger charge is -2.31. The van der Waals surface area contributed by atoms with E-state index in [-0.39, 0.29) is 29.8 Å². The number of likely N-dealkylation sites (tertiary alicyclic amines) is 1. The Balaban J connectivity index is 0.00000385. The van der Waals surface area contributed by atoms with Gasteiger partial charge in [-0.2, -0.15) is 5.10 Å². The lowest BCUT2D eigenvalue weighted by Crippen LogP contribution is -2.39. The van der Waals surface area contributed by atoms with Gasteiger partial charge in [0.15, 0.2) is 5.96 Å². The predicted molar refractivity (Wildman–Crippen MR) is 145 cm³/mol. The fraction of sp³-hybridized carbons (Fsp3) is 0.600. The van der Waals surface area contributed by atoms with Crippen LogP contribution in [0.2, 0.25) is 0 Å². The Labute approximate surface area is 215 Å². The summed E-state index contributed by atoms with van der Waals surface area (Å²) < 4.78 is 15.8. The van der Waals surface area contributed by atoms with Crippen LogP contribution in [0.5, 0.6) is 0 Å². The molecule has 3 rings (SSSR count). The average molecular weight is 571 g/mol. The van der Waals surface area contributed by atoms with Gasteiger partial charge in [-0.25, -0.2) is 4.39 Å². The van der Waals surface area contributed by atoms with Crippen LogP contribution in [0.15, 0.2) is 35.5 Å². The molecule has 6 nitrogen and oxygen atoms in total. The fourth-order valence-electron chi connectivity index (χ4n) is 4.37. The normalized spacial score (nSPS) is 15.5. The van der Waals surface area contributed by atoms with Crippen molar-refractivity contribution in [2.45, 2.75) is 52.6 Å². The summed E-state index contributed by atoms with van der Waals surface area (Å²) >= 11 is 0. The second-order valence-corrected chi connectivity index (χ2v) is 9.23. The van der Waals surface area contributed by atoms with Crippen molar-refractivity contribution in [3.05, 3.63) is 53.1 Å². The Bertz CT molecular complexity index is 889. The molecule has 1 saturated heterocycles. The Morgan fingerprint density at radius 1 is 1.24 bits per heavy atom. The van der Waals surface area contributed by atoms with E-state index in [4.69, 9.17) is 4.99 Å². The summed E-state index contributed by atoms with van der Waals surface area (Å²) in [5.41, 5.74) is 3.19. The lowest BCUT2D eigenvalue weighted by atomic mass is 9.96. The van der Waals surface area contributed by atoms with E-state index in [2.05, 4.69) is 54.2 Å². The minimum atomic E-state index is -0.105. The van der Waals surface area contributed by atoms with Crippen LogP contribution in [0.4, 0.5) is 4.39 Å². The largest absolute Gasteiger partial charge is 0.357 e. The van der Waals surface area contributed by atoms with Crippen molar-refractivity contribution in [2.75, 3.05) is 33.2 Å². The monoisotopic (exact) mass is 570 g/mol. The van der Waals surface area contributed by atoms with E-state index >= 15 is 0 Å². The van der Waals surface area contributed by atoms with Crippen LogP contribution in [0, 0.1) is 11.7 Å². The summed E-state index contributed by atoms with van der Waals surface area (Å²) in [7, 11) is 4.07. The van der Waals surface area contributed by atoms with Gasteiger partial charge in [0.05, 0.1) is 5.69 Å². The van der Waals surface area contributed by atoms with E-state index in [0.29, 0.717) is 18.4 Å². The molecule has 0 amide bonds. The molecule has 0 bridgehead atoms. The van der Waals surface area contributed by atoms with Gasteiger partial charge in [-0.3, -0.25) is 14.6 Å². The second-order valence-electron chi connectivity index (χ2n) is 9.23. The predicted octanol–water partition coefficient (Wildman–Crippen LogP) is 4.61. The molecule has 1 aliphatic heterocycles. The summed E-state index contributed by atoms with van der Waals surface area (Å²) in [6.07, 6.45) is 4.31. The van der Waals surface area contributed by atoms with Crippen LogP contribution in [-0.2, 0) is 20.1 Å². The van der Waals surface area contributed by atoms with E-state index in [9.17, 15) is 4.39 Å². The smallest absolute Gasteiger partial charge is 0.193 e. The number of aliphatic imine (C=N–C) groups is 1. The third-order valence-electron chi connectivity index (χ3n) is 6.15. The van der Waals surface area contributed by atoms with Crippen LogP contribution < -0.4 is 5.32 Å². The maximum Gasteiger partial charge on any atom is 0.193 e. The highest BCUT2D eigenvalue weighted by Gasteiger charge is 2.21. The highest BCUT2D eigenvalue weighted by Crippen LogP contribution is 2.21. The molecule has 33 heavy (non-hydrogen) atoms. The van der Waals surface area contributed by atoms with Crippen molar-refractivity contribution in [1.82, 2.24) is 24.9 Å². The van der Waals surface area contributed by atoms with Gasteiger partial charge >= 0.3 is 0 Å². The number of halogens is 2. The molecule has 0 saturated carbocycles. The van der Waals surface area contributed by atoms with Crippen molar-refractivity contribution in [1.29, 1.82) is 0 Å². The van der Waals surface area contributed by atoms with Gasteiger partial charge in [-0.05, 0) is 50.8 Å². The number of rotatable bonds is 8. The van der Waals surface area contributed by atoms with E-state index in [1.54, 1.807) is 12.1 Å². The van der Waals surface area contributed by atoms with Crippen molar-refractivity contribution >= 4 is 29.9 Å². The number of piperidine rings is 1. The van der Waals surface area contributed by atoms with Crippen LogP contribution in [-0.4, -0.2) is 58.8 Å². The lowest BCUT2D eigenvalue weighted by molar-refractivity contribution is 0.178. The molecule has 0 unspecified atom stereocenters. The zero-order valence-corrected chi connectivity index (χ0v) is 23.1. The first-order valence-electron chi connectivity index (χ1n) is 11.8. The number of aryl methyl sites for hydroxylation is 1. The minimum Gasteiger partial charge on any atom is -0.357 e. The summed E-state index contributed by atoms with van der Waals surface area (Å²) in [5, 5.41) is 8.07. The van der Waals surface area contributed by atoms with Crippen LogP contribution >= 0.6 is 24.0 Å². The molecule has 184 valence electrons. The van der Waals surface area contributed by atoms with Gasteiger partial charge < -0.3 is 10.2 Å². The molecule has 0 aliphatic carbocycles. The Kier molecular flexibility index (Phi) is 11.1. The first-order valence-corrected chi connectivity index (χ1v) is 11.8. The van der Waals surface area contributed by atoms with Crippen LogP contribution in [0.25, 0.3) is 0 Å². The number of nitrogens with one attached hydrogen (secondary N) is 1. The van der Waals surface area contributed by atoms with Gasteiger partial charge in [-0.1, -0.05) is 32.0 Å². The molecule has 0 spiro atoms. The van der Waals surface area contributed by atoms with Crippen molar-refractivity contribution in [2.24, 2.45) is 18.0 Å². The summed E-state index contributed by atoms with van der Waals surface area (Å²) in [6.45, 7) is 11.6. The molecule has 2 aromatic rings. The number of nitrogens with zero attached hydrogens (tertiary/aromatic N) is 5. The van der Waals surface area contributed by atoms with Crippen LogP contribution in [0.3, 0.4) is 0 Å². The van der Waals surface area contributed by atoms with Gasteiger partial charge in [0.25, 0.3) is 0 Å². The van der Waals surface area contributed by atoms with Crippen molar-refractivity contribution in [3.8, 4) is 0 Å². The van der Waals surface area contributed by atoms with Gasteiger partial charge in [0.2, 0.25) is 0 Å². The number of benzene rings is 1. The third kappa shape index (κ3) is 7.95. The first-order chi connectivity index (χ1) is 15.4. The van der Waals surface area contributed by atoms with Gasteiger partial charge in [0.1, 0.15) is 5.82 Å². The molecule has 1 N–H and O–H groups in total. The molecule has 1 aliphatic rings. The number of hydrogen-bond donors (Lipinski definition) is 1. The van der Waals surface area contributed by atoms with Crippen molar-refractivity contribution in [3.63, 3.8) is 0 Å². The highest BCUT2D eigenvalue weighted by atomic mass is 127. The minimum absolute atomic E-state index is 0. The van der Waals surface area contributed by atoms with Crippen LogP contribution in [0.1, 0.15) is 56.4 Å². The summed E-state index contributed by atoms with van der Waals surface area (Å²) in [6, 6.07) is 7.09. The molecule has 1 aromatic heterocycles. The molecular formula is C25H40FIN6. The first kappa shape index (κ1) is 27.6. The van der Waals surface area contributed by atoms with E-state index in [1.807, 2.05) is 23.9 Å². The number of guanidine groups is 1. The topological polar surface area (TPSA) is 48.7 Å². The maximum atomic E-state index is 13.9. The van der Waals surface area contributed by atoms with E-state index in [1.165, 1.54) is 5.56 Å². The highest BCUT2D eigenvalue weighted by molar-refractivity contribution is 14.0. The zero-order chi connectivity index (χ0) is 23.1. The standard InChI is InChI=1S/C25H39FN6.HI/c1-6-27-25(30(4)16-22-17-31(5)29-24(22)19(2)3)28-15-20-11-13-32(14-12-20)18-21-9-7-8-10-23(21)26;/h7-10,17,19-20H,6,11-16,18H2,1-5H3,(H,27,28);1H. The van der Waals surface area contributed by atoms with E-state index < -0.39 is 0 Å². The third-order valence-corrected chi connectivity index (χ3v) is 6.15. The van der Waals surface area contributed by atoms with Crippen molar-refractivity contribution < 1.29 is 4.39 Å². The molecule has 8 heteroatoms. The number of hydrogen-bond acceptors (Lipinski definition) is 3. The quantitative estimate of drug-likeness (QED) is 0.286. The Morgan fingerprint density at radius 3 is 2.58 bits per heavy atom. The molecule has 0 atom stereocenters. The zero-order valence-electron chi connectivity index (χ0n) is 20.7. The Hall–Kier alpha value is -1.68. The molecule has 1 fully saturated rings. The maximum absolute atomic E-state index is 13.9. The van der Waals surface area contributed by atoms with Gasteiger partial charge in [0, 0.05) is 57.6 Å². The average Bonchev–Trinajstić information content (AvgIpc) is 3.14.